The molecule has 0 heterocycles. The van der Waals surface area contributed by atoms with Crippen molar-refractivity contribution >= 4 is 34.8 Å². The fourth-order valence-electron chi connectivity index (χ4n) is 1.81. The number of hydrogen-bond donors (Lipinski definition) is 0. The third-order valence-electron chi connectivity index (χ3n) is 2.63. The van der Waals surface area contributed by atoms with Crippen LogP contribution >= 0.6 is 22.2 Å². The van der Waals surface area contributed by atoms with Crippen LogP contribution in [0.1, 0.15) is 5.56 Å². The summed E-state index contributed by atoms with van der Waals surface area (Å²) in [4.78, 5) is 0. The molecule has 0 fully saturated rings. The average Bonchev–Trinajstić information content (AvgIpc) is 2.29. The smallest absolute Gasteiger partial charge is 0.144 e. The molecule has 2 aromatic carbocycles. The zero-order valence-electron chi connectivity index (χ0n) is 8.95. The third-order valence-corrected chi connectivity index (χ3v) is 5.02. The molecule has 0 amide bonds. The van der Waals surface area contributed by atoms with E-state index < -0.39 is 7.42 Å². The van der Waals surface area contributed by atoms with Gasteiger partial charge < -0.3 is 0 Å². The fraction of sp³-hybridized carbons (Fsp3) is 0.0769. The second kappa shape index (κ2) is 5.04. The van der Waals surface area contributed by atoms with Crippen LogP contribution in [0.4, 0.5) is 0 Å². The quantitative estimate of drug-likeness (QED) is 0.576. The van der Waals surface area contributed by atoms with Crippen LogP contribution < -0.4 is 5.19 Å². The molecular weight excluding hydrogens is 255 g/mol. The molecule has 0 radical (unpaired) electrons. The van der Waals surface area contributed by atoms with E-state index in [0.717, 1.165) is 5.19 Å². The first-order valence-electron chi connectivity index (χ1n) is 5.13. The van der Waals surface area contributed by atoms with Crippen molar-refractivity contribution in [2.24, 2.45) is 0 Å². The molecule has 0 N–H and O–H groups in total. The highest BCUT2D eigenvalue weighted by Crippen LogP contribution is 2.22. The molecule has 0 nitrogen and oxygen atoms in total. The van der Waals surface area contributed by atoms with Gasteiger partial charge in [0.2, 0.25) is 0 Å². The lowest BCUT2D eigenvalue weighted by Gasteiger charge is -2.11. The second-order valence-electron chi connectivity index (χ2n) is 3.70. The lowest BCUT2D eigenvalue weighted by molar-refractivity contribution is 1.46. The van der Waals surface area contributed by atoms with Gasteiger partial charge in [0, 0.05) is 0 Å². The first-order valence-corrected chi connectivity index (χ1v) is 9.20. The molecule has 0 spiro atoms. The van der Waals surface area contributed by atoms with E-state index in [9.17, 15) is 0 Å². The van der Waals surface area contributed by atoms with Gasteiger partial charge in [-0.25, -0.2) is 0 Å². The van der Waals surface area contributed by atoms with Gasteiger partial charge in [-0.3, -0.25) is 0 Å². The Morgan fingerprint density at radius 3 is 2.00 bits per heavy atom. The molecule has 2 aromatic rings. The Morgan fingerprint density at radius 1 is 0.812 bits per heavy atom. The maximum atomic E-state index is 6.11. The van der Waals surface area contributed by atoms with E-state index in [2.05, 4.69) is 25.1 Å². The highest BCUT2D eigenvalue weighted by Gasteiger charge is 2.13. The first-order chi connectivity index (χ1) is 7.70. The van der Waals surface area contributed by atoms with Crippen LogP contribution in [0.2, 0.25) is 0 Å². The minimum atomic E-state index is -1.81. The summed E-state index contributed by atoms with van der Waals surface area (Å²) in [7, 11) is -1.81. The summed E-state index contributed by atoms with van der Waals surface area (Å²) in [5, 5.41) is 1.10. The average molecular weight is 267 g/mol. The molecule has 0 saturated carbocycles. The molecule has 16 heavy (non-hydrogen) atoms. The van der Waals surface area contributed by atoms with Crippen LogP contribution in [0, 0.1) is 6.92 Å². The van der Waals surface area contributed by atoms with Crippen molar-refractivity contribution < 1.29 is 0 Å². The monoisotopic (exact) mass is 266 g/mol. The zero-order chi connectivity index (χ0) is 11.5. The number of hydrogen-bond acceptors (Lipinski definition) is 0. The van der Waals surface area contributed by atoms with E-state index in [4.69, 9.17) is 22.2 Å². The van der Waals surface area contributed by atoms with Crippen molar-refractivity contribution in [2.45, 2.75) is 6.92 Å². The van der Waals surface area contributed by atoms with Gasteiger partial charge in [-0.1, -0.05) is 48.5 Å². The van der Waals surface area contributed by atoms with Crippen LogP contribution in [0.25, 0.3) is 11.1 Å². The molecule has 0 aliphatic carbocycles. The zero-order valence-corrected chi connectivity index (χ0v) is 11.6. The van der Waals surface area contributed by atoms with Crippen LogP contribution in [-0.4, -0.2) is 7.42 Å². The van der Waals surface area contributed by atoms with E-state index in [1.165, 1.54) is 16.7 Å². The molecule has 0 bridgehead atoms. The topological polar surface area (TPSA) is 0 Å². The van der Waals surface area contributed by atoms with Gasteiger partial charge in [0.15, 0.2) is 0 Å². The molecule has 3 heteroatoms. The molecule has 82 valence electrons. The van der Waals surface area contributed by atoms with E-state index >= 15 is 0 Å². The first kappa shape index (κ1) is 11.7. The molecule has 2 rings (SSSR count). The van der Waals surface area contributed by atoms with Gasteiger partial charge in [-0.05, 0) is 28.8 Å². The van der Waals surface area contributed by atoms with Crippen molar-refractivity contribution in [3.8, 4) is 11.1 Å². The van der Waals surface area contributed by atoms with Gasteiger partial charge >= 0.3 is 0 Å². The largest absolute Gasteiger partial charge is 0.267 e. The molecule has 0 aliphatic rings. The second-order valence-corrected chi connectivity index (χ2v) is 8.22. The predicted molar refractivity (Wildman–Crippen MR) is 75.1 cm³/mol. The van der Waals surface area contributed by atoms with Crippen molar-refractivity contribution in [3.63, 3.8) is 0 Å². The Balaban J connectivity index is 2.60. The van der Waals surface area contributed by atoms with Crippen molar-refractivity contribution in [1.82, 2.24) is 0 Å². The fourth-order valence-corrected chi connectivity index (χ4v) is 3.69. The molecule has 0 unspecified atom stereocenters. The Labute approximate surface area is 107 Å². The SMILES string of the molecule is Cc1ccccc1-c1ccccc1[SiH](Cl)Cl. The standard InChI is InChI=1S/C13H12Cl2Si/c1-10-6-2-3-7-11(10)12-8-4-5-9-13(12)16(14)15/h2-9,16H,1H3. The Hall–Kier alpha value is -0.763. The van der Waals surface area contributed by atoms with Crippen LogP contribution in [0.3, 0.4) is 0 Å². The normalized spacial score (nSPS) is 10.8. The summed E-state index contributed by atoms with van der Waals surface area (Å²) < 4.78 is 0. The molecule has 0 aromatic heterocycles. The Kier molecular flexibility index (Phi) is 3.69. The number of halogens is 2. The van der Waals surface area contributed by atoms with E-state index in [1.807, 2.05) is 30.3 Å². The summed E-state index contributed by atoms with van der Waals surface area (Å²) in [6.45, 7) is 2.10. The number of benzene rings is 2. The summed E-state index contributed by atoms with van der Waals surface area (Å²) >= 11 is 12.2. The van der Waals surface area contributed by atoms with Gasteiger partial charge in [0.25, 0.3) is 7.42 Å². The molecule has 0 saturated heterocycles. The minimum absolute atomic E-state index is 1.10. The van der Waals surface area contributed by atoms with Crippen molar-refractivity contribution in [1.29, 1.82) is 0 Å². The van der Waals surface area contributed by atoms with Crippen molar-refractivity contribution in [2.75, 3.05) is 0 Å². The number of rotatable bonds is 2. The molecule has 0 atom stereocenters. The Bertz CT molecular complexity index is 495. The van der Waals surface area contributed by atoms with E-state index in [1.54, 1.807) is 0 Å². The minimum Gasteiger partial charge on any atom is -0.144 e. The molecule has 0 aliphatic heterocycles. The van der Waals surface area contributed by atoms with Gasteiger partial charge in [-0.2, -0.15) is 0 Å². The number of aryl methyl sites for hydroxylation is 1. The summed E-state index contributed by atoms with van der Waals surface area (Å²) in [6.07, 6.45) is 0. The third kappa shape index (κ3) is 2.32. The Morgan fingerprint density at radius 2 is 1.38 bits per heavy atom. The van der Waals surface area contributed by atoms with E-state index in [0.29, 0.717) is 0 Å². The van der Waals surface area contributed by atoms with Gasteiger partial charge in [0.05, 0.1) is 0 Å². The lowest BCUT2D eigenvalue weighted by atomic mass is 10.0. The summed E-state index contributed by atoms with van der Waals surface area (Å²) in [5.41, 5.74) is 3.64. The summed E-state index contributed by atoms with van der Waals surface area (Å²) in [5.74, 6) is 0. The lowest BCUT2D eigenvalue weighted by Crippen LogP contribution is -2.20. The van der Waals surface area contributed by atoms with Crippen molar-refractivity contribution in [3.05, 3.63) is 54.1 Å². The molecular formula is C13H12Cl2Si. The van der Waals surface area contributed by atoms with Crippen LogP contribution in [0.5, 0.6) is 0 Å². The maximum Gasteiger partial charge on any atom is 0.267 e. The predicted octanol–water partition coefficient (Wildman–Crippen LogP) is 3.57. The maximum absolute atomic E-state index is 6.11. The summed E-state index contributed by atoms with van der Waals surface area (Å²) in [6, 6.07) is 16.4. The van der Waals surface area contributed by atoms with E-state index in [-0.39, 0.29) is 0 Å². The van der Waals surface area contributed by atoms with Crippen LogP contribution in [-0.2, 0) is 0 Å². The highest BCUT2D eigenvalue weighted by molar-refractivity contribution is 7.39. The van der Waals surface area contributed by atoms with Gasteiger partial charge in [-0.15, -0.1) is 22.2 Å². The highest BCUT2D eigenvalue weighted by atomic mass is 35.7. The van der Waals surface area contributed by atoms with Crippen LogP contribution in [0.15, 0.2) is 48.5 Å². The van der Waals surface area contributed by atoms with Gasteiger partial charge in [0.1, 0.15) is 0 Å².